The smallest absolute Gasteiger partial charge is 0.255 e. The molecule has 0 bridgehead atoms. The van der Waals surface area contributed by atoms with Crippen LogP contribution < -0.4 is 10.6 Å². The predicted molar refractivity (Wildman–Crippen MR) is 123 cm³/mol. The fraction of sp³-hybridized carbons (Fsp3) is 0.120. The monoisotopic (exact) mass is 443 g/mol. The lowest BCUT2D eigenvalue weighted by molar-refractivity contribution is 0.0928. The Labute approximate surface area is 190 Å². The molecule has 0 aliphatic carbocycles. The Kier molecular flexibility index (Phi) is 6.54. The Balaban J connectivity index is 1.44. The number of carbonyl (C=O) groups excluding carboxylic acids is 2. The van der Waals surface area contributed by atoms with Gasteiger partial charge in [0.15, 0.2) is 0 Å². The van der Waals surface area contributed by atoms with Crippen LogP contribution in [0.25, 0.3) is 16.9 Å². The highest BCUT2D eigenvalue weighted by Crippen LogP contribution is 2.23. The van der Waals surface area contributed by atoms with Crippen LogP contribution in [-0.4, -0.2) is 39.7 Å². The van der Waals surface area contributed by atoms with Crippen molar-refractivity contribution >= 4 is 11.8 Å². The number of aryl methyl sites for hydroxylation is 1. The molecule has 0 unspecified atom stereocenters. The van der Waals surface area contributed by atoms with Gasteiger partial charge in [-0.05, 0) is 48.9 Å². The molecule has 166 valence electrons. The number of rotatable bonds is 7. The molecule has 0 saturated heterocycles. The molecule has 2 heterocycles. The van der Waals surface area contributed by atoms with E-state index in [1.54, 1.807) is 48.4 Å². The molecule has 0 aliphatic rings. The predicted octanol–water partition coefficient (Wildman–Crippen LogP) is 3.54. The maximum absolute atomic E-state index is 13.7. The third kappa shape index (κ3) is 5.12. The average Bonchev–Trinajstić information content (AvgIpc) is 3.30. The van der Waals surface area contributed by atoms with E-state index in [1.165, 1.54) is 6.07 Å². The lowest BCUT2D eigenvalue weighted by atomic mass is 10.1. The first-order valence-electron chi connectivity index (χ1n) is 10.4. The van der Waals surface area contributed by atoms with Gasteiger partial charge in [0.25, 0.3) is 11.8 Å². The normalized spacial score (nSPS) is 10.6. The highest BCUT2D eigenvalue weighted by Gasteiger charge is 2.18. The second kappa shape index (κ2) is 9.86. The summed E-state index contributed by atoms with van der Waals surface area (Å²) in [6.45, 7) is 2.02. The van der Waals surface area contributed by atoms with Crippen LogP contribution in [0.1, 0.15) is 26.3 Å². The fourth-order valence-electron chi connectivity index (χ4n) is 3.25. The maximum atomic E-state index is 13.7. The van der Waals surface area contributed by atoms with Crippen molar-refractivity contribution in [3.63, 3.8) is 0 Å². The van der Waals surface area contributed by atoms with Crippen molar-refractivity contribution in [2.24, 2.45) is 0 Å². The highest BCUT2D eigenvalue weighted by atomic mass is 19.1. The minimum absolute atomic E-state index is 0.190. The minimum atomic E-state index is -0.436. The third-order valence-corrected chi connectivity index (χ3v) is 5.04. The van der Waals surface area contributed by atoms with E-state index >= 15 is 0 Å². The molecular weight excluding hydrogens is 421 g/mol. The first-order chi connectivity index (χ1) is 16.0. The van der Waals surface area contributed by atoms with Crippen molar-refractivity contribution in [3.05, 3.63) is 102 Å². The van der Waals surface area contributed by atoms with Crippen molar-refractivity contribution in [3.8, 4) is 16.9 Å². The molecule has 2 aromatic heterocycles. The Hall–Kier alpha value is -4.33. The number of para-hydroxylation sites is 1. The van der Waals surface area contributed by atoms with Crippen LogP contribution in [0.15, 0.2) is 79.3 Å². The van der Waals surface area contributed by atoms with E-state index in [0.29, 0.717) is 22.4 Å². The standard InChI is InChI=1S/C25H22FN5O2/c1-17-9-10-18(14-22(17)26)24(32)28-12-13-29-25(33)21-16-31(20-7-3-2-4-8-20)30-23(21)19-6-5-11-27-15-19/h2-11,14-16H,12-13H2,1H3,(H,28,32)(H,29,33). The number of benzene rings is 2. The van der Waals surface area contributed by atoms with Gasteiger partial charge < -0.3 is 10.6 Å². The third-order valence-electron chi connectivity index (χ3n) is 5.04. The van der Waals surface area contributed by atoms with E-state index in [9.17, 15) is 14.0 Å². The first kappa shape index (κ1) is 21.9. The quantitative estimate of drug-likeness (QED) is 0.428. The molecule has 7 nitrogen and oxygen atoms in total. The van der Waals surface area contributed by atoms with Gasteiger partial charge in [-0.15, -0.1) is 0 Å². The van der Waals surface area contributed by atoms with Crippen LogP contribution in [0.4, 0.5) is 4.39 Å². The van der Waals surface area contributed by atoms with E-state index in [4.69, 9.17) is 0 Å². The number of aromatic nitrogens is 3. The van der Waals surface area contributed by atoms with E-state index in [2.05, 4.69) is 20.7 Å². The van der Waals surface area contributed by atoms with Crippen LogP contribution in [-0.2, 0) is 0 Å². The lowest BCUT2D eigenvalue weighted by Gasteiger charge is -2.08. The van der Waals surface area contributed by atoms with Gasteiger partial charge in [0.1, 0.15) is 11.5 Å². The Bertz CT molecular complexity index is 1270. The zero-order valence-electron chi connectivity index (χ0n) is 18.0. The number of nitrogens with zero attached hydrogens (tertiary/aromatic N) is 3. The summed E-state index contributed by atoms with van der Waals surface area (Å²) in [4.78, 5) is 29.3. The molecule has 0 atom stereocenters. The molecule has 8 heteroatoms. The zero-order valence-corrected chi connectivity index (χ0v) is 18.0. The van der Waals surface area contributed by atoms with Crippen LogP contribution in [0, 0.1) is 12.7 Å². The highest BCUT2D eigenvalue weighted by molar-refractivity contribution is 6.00. The molecule has 2 amide bonds. The second-order valence-electron chi connectivity index (χ2n) is 7.39. The largest absolute Gasteiger partial charge is 0.350 e. The molecule has 0 saturated carbocycles. The number of pyridine rings is 1. The number of hydrogen-bond acceptors (Lipinski definition) is 4. The van der Waals surface area contributed by atoms with E-state index in [1.807, 2.05) is 36.4 Å². The number of carbonyl (C=O) groups is 2. The Morgan fingerprint density at radius 1 is 0.970 bits per heavy atom. The molecule has 4 rings (SSSR count). The fourth-order valence-corrected chi connectivity index (χ4v) is 3.25. The maximum Gasteiger partial charge on any atom is 0.255 e. The minimum Gasteiger partial charge on any atom is -0.350 e. The average molecular weight is 443 g/mol. The Morgan fingerprint density at radius 3 is 2.42 bits per heavy atom. The molecule has 0 radical (unpaired) electrons. The van der Waals surface area contributed by atoms with Crippen molar-refractivity contribution in [2.75, 3.05) is 13.1 Å². The Morgan fingerprint density at radius 2 is 1.73 bits per heavy atom. The number of nitrogens with one attached hydrogen (secondary N) is 2. The molecule has 33 heavy (non-hydrogen) atoms. The lowest BCUT2D eigenvalue weighted by Crippen LogP contribution is -2.34. The van der Waals surface area contributed by atoms with Crippen LogP contribution in [0.5, 0.6) is 0 Å². The number of hydrogen-bond donors (Lipinski definition) is 2. The van der Waals surface area contributed by atoms with Crippen LogP contribution in [0.2, 0.25) is 0 Å². The van der Waals surface area contributed by atoms with Gasteiger partial charge in [-0.3, -0.25) is 14.6 Å². The topological polar surface area (TPSA) is 88.9 Å². The summed E-state index contributed by atoms with van der Waals surface area (Å²) in [5, 5.41) is 10.1. The van der Waals surface area contributed by atoms with Crippen molar-refractivity contribution in [1.29, 1.82) is 0 Å². The first-order valence-corrected chi connectivity index (χ1v) is 10.4. The van der Waals surface area contributed by atoms with Crippen molar-refractivity contribution < 1.29 is 14.0 Å². The summed E-state index contributed by atoms with van der Waals surface area (Å²) in [5.74, 6) is -1.17. The number of halogens is 1. The molecular formula is C25H22FN5O2. The molecule has 4 aromatic rings. The molecule has 0 aliphatic heterocycles. The van der Waals surface area contributed by atoms with Crippen molar-refractivity contribution in [1.82, 2.24) is 25.4 Å². The molecule has 2 aromatic carbocycles. The molecule has 0 fully saturated rings. The summed E-state index contributed by atoms with van der Waals surface area (Å²) in [6.07, 6.45) is 4.97. The van der Waals surface area contributed by atoms with Gasteiger partial charge in [-0.1, -0.05) is 24.3 Å². The van der Waals surface area contributed by atoms with Crippen LogP contribution >= 0.6 is 0 Å². The summed E-state index contributed by atoms with van der Waals surface area (Å²) in [7, 11) is 0. The summed E-state index contributed by atoms with van der Waals surface area (Å²) in [6, 6.07) is 17.4. The van der Waals surface area contributed by atoms with E-state index < -0.39 is 11.7 Å². The SMILES string of the molecule is Cc1ccc(C(=O)NCCNC(=O)c2cn(-c3ccccc3)nc2-c2cccnc2)cc1F. The van der Waals surface area contributed by atoms with Gasteiger partial charge in [-0.2, -0.15) is 5.10 Å². The second-order valence-corrected chi connectivity index (χ2v) is 7.39. The molecule has 2 N–H and O–H groups in total. The summed E-state index contributed by atoms with van der Waals surface area (Å²) >= 11 is 0. The molecule has 0 spiro atoms. The summed E-state index contributed by atoms with van der Waals surface area (Å²) < 4.78 is 15.3. The van der Waals surface area contributed by atoms with Gasteiger partial charge in [-0.25, -0.2) is 9.07 Å². The van der Waals surface area contributed by atoms with Gasteiger partial charge in [0.05, 0.1) is 11.3 Å². The van der Waals surface area contributed by atoms with Gasteiger partial charge >= 0.3 is 0 Å². The van der Waals surface area contributed by atoms with Gasteiger partial charge in [0, 0.05) is 42.8 Å². The van der Waals surface area contributed by atoms with E-state index in [0.717, 1.165) is 5.69 Å². The van der Waals surface area contributed by atoms with Crippen molar-refractivity contribution in [2.45, 2.75) is 6.92 Å². The van der Waals surface area contributed by atoms with Gasteiger partial charge in [0.2, 0.25) is 0 Å². The number of amides is 2. The summed E-state index contributed by atoms with van der Waals surface area (Å²) in [5.41, 5.74) is 3.13. The van der Waals surface area contributed by atoms with E-state index in [-0.39, 0.29) is 24.6 Å². The zero-order chi connectivity index (χ0) is 23.2. The van der Waals surface area contributed by atoms with Crippen LogP contribution in [0.3, 0.4) is 0 Å².